The van der Waals surface area contributed by atoms with E-state index in [0.29, 0.717) is 32.2 Å². The van der Waals surface area contributed by atoms with Gasteiger partial charge in [-0.3, -0.25) is 9.69 Å². The van der Waals surface area contributed by atoms with E-state index >= 15 is 0 Å². The smallest absolute Gasteiger partial charge is 0.368 e. The quantitative estimate of drug-likeness (QED) is 0.823. The van der Waals surface area contributed by atoms with Crippen molar-refractivity contribution in [2.45, 2.75) is 49.9 Å². The molecule has 7 heteroatoms. The number of halogens is 3. The summed E-state index contributed by atoms with van der Waals surface area (Å²) in [6, 6.07) is 0.0140. The fourth-order valence-electron chi connectivity index (χ4n) is 3.51. The highest BCUT2D eigenvalue weighted by atomic mass is 19.4. The van der Waals surface area contributed by atoms with Crippen LogP contribution in [-0.4, -0.2) is 48.7 Å². The van der Waals surface area contributed by atoms with Gasteiger partial charge in [-0.05, 0) is 45.7 Å². The lowest BCUT2D eigenvalue weighted by molar-refractivity contribution is -0.188. The molecule has 1 saturated heterocycles. The van der Waals surface area contributed by atoms with Crippen LogP contribution in [0.25, 0.3) is 0 Å². The number of piperidine rings is 1. The standard InChI is InChI=1S/C13H22F3N3O/c1-18-12(11(17)20)5-4-10(7-12)19-6-2-3-9(8-19)13(14,15)16/h9-10,18H,2-8H2,1H3,(H2,17,20). The molecular formula is C13H22F3N3O. The summed E-state index contributed by atoms with van der Waals surface area (Å²) in [6.45, 7) is 0.725. The number of carbonyl (C=O) groups is 1. The highest BCUT2D eigenvalue weighted by Crippen LogP contribution is 2.38. The largest absolute Gasteiger partial charge is 0.393 e. The van der Waals surface area contributed by atoms with E-state index in [9.17, 15) is 18.0 Å². The van der Waals surface area contributed by atoms with Crippen LogP contribution in [0.5, 0.6) is 0 Å². The number of carbonyl (C=O) groups excluding carboxylic acids is 1. The van der Waals surface area contributed by atoms with Crippen LogP contribution in [0.4, 0.5) is 13.2 Å². The number of alkyl halides is 3. The minimum Gasteiger partial charge on any atom is -0.368 e. The van der Waals surface area contributed by atoms with Crippen molar-refractivity contribution < 1.29 is 18.0 Å². The van der Waals surface area contributed by atoms with Crippen LogP contribution >= 0.6 is 0 Å². The molecule has 0 spiro atoms. The maximum absolute atomic E-state index is 12.8. The molecule has 1 amide bonds. The molecule has 0 radical (unpaired) electrons. The number of primary amides is 1. The van der Waals surface area contributed by atoms with Crippen LogP contribution in [0.1, 0.15) is 32.1 Å². The normalized spacial score (nSPS) is 36.2. The Morgan fingerprint density at radius 1 is 1.40 bits per heavy atom. The van der Waals surface area contributed by atoms with E-state index in [0.717, 1.165) is 0 Å². The van der Waals surface area contributed by atoms with E-state index in [-0.39, 0.29) is 19.0 Å². The lowest BCUT2D eigenvalue weighted by Crippen LogP contribution is -2.54. The first kappa shape index (κ1) is 15.6. The third kappa shape index (κ3) is 2.93. The van der Waals surface area contributed by atoms with Crippen molar-refractivity contribution >= 4 is 5.91 Å². The van der Waals surface area contributed by atoms with Crippen molar-refractivity contribution in [3.8, 4) is 0 Å². The molecule has 0 aromatic rings. The number of hydrogen-bond acceptors (Lipinski definition) is 3. The molecule has 0 bridgehead atoms. The fraction of sp³-hybridized carbons (Fsp3) is 0.923. The monoisotopic (exact) mass is 293 g/mol. The number of likely N-dealkylation sites (N-methyl/N-ethyl adjacent to an activating group) is 1. The van der Waals surface area contributed by atoms with Gasteiger partial charge < -0.3 is 11.1 Å². The molecule has 1 aliphatic heterocycles. The minimum atomic E-state index is -4.12. The number of nitrogens with one attached hydrogen (secondary N) is 1. The molecule has 0 aromatic heterocycles. The van der Waals surface area contributed by atoms with E-state index in [2.05, 4.69) is 5.32 Å². The first-order chi connectivity index (χ1) is 9.28. The fourth-order valence-corrected chi connectivity index (χ4v) is 3.51. The number of nitrogens with zero attached hydrogens (tertiary/aromatic N) is 1. The van der Waals surface area contributed by atoms with Crippen LogP contribution in [0, 0.1) is 5.92 Å². The summed E-state index contributed by atoms with van der Waals surface area (Å²) < 4.78 is 38.5. The van der Waals surface area contributed by atoms with Gasteiger partial charge in [0.2, 0.25) is 5.91 Å². The predicted molar refractivity (Wildman–Crippen MR) is 69.0 cm³/mol. The Kier molecular flexibility index (Phi) is 4.30. The second-order valence-electron chi connectivity index (χ2n) is 5.97. The van der Waals surface area contributed by atoms with Gasteiger partial charge in [0.25, 0.3) is 0 Å². The number of hydrogen-bond donors (Lipinski definition) is 2. The van der Waals surface area contributed by atoms with Crippen molar-refractivity contribution in [1.82, 2.24) is 10.2 Å². The molecule has 1 heterocycles. The van der Waals surface area contributed by atoms with Gasteiger partial charge in [0.15, 0.2) is 0 Å². The molecule has 3 atom stereocenters. The van der Waals surface area contributed by atoms with Crippen LogP contribution in [0.2, 0.25) is 0 Å². The molecule has 3 unspecified atom stereocenters. The van der Waals surface area contributed by atoms with Gasteiger partial charge in [-0.15, -0.1) is 0 Å². The maximum Gasteiger partial charge on any atom is 0.393 e. The molecule has 116 valence electrons. The molecule has 1 saturated carbocycles. The predicted octanol–water partition coefficient (Wildman–Crippen LogP) is 1.26. The van der Waals surface area contributed by atoms with Crippen molar-refractivity contribution in [1.29, 1.82) is 0 Å². The highest BCUT2D eigenvalue weighted by molar-refractivity contribution is 5.85. The van der Waals surface area contributed by atoms with Gasteiger partial charge in [-0.1, -0.05) is 0 Å². The zero-order valence-electron chi connectivity index (χ0n) is 11.7. The van der Waals surface area contributed by atoms with Gasteiger partial charge in [0.1, 0.15) is 0 Å². The second-order valence-corrected chi connectivity index (χ2v) is 5.97. The van der Waals surface area contributed by atoms with Gasteiger partial charge in [0.05, 0.1) is 11.5 Å². The zero-order chi connectivity index (χ0) is 15.0. The van der Waals surface area contributed by atoms with Crippen LogP contribution in [0.15, 0.2) is 0 Å². The molecule has 4 nitrogen and oxygen atoms in total. The van der Waals surface area contributed by atoms with Gasteiger partial charge in [0, 0.05) is 12.6 Å². The Balaban J connectivity index is 2.01. The average molecular weight is 293 g/mol. The minimum absolute atomic E-state index is 0.0140. The third-order valence-electron chi connectivity index (χ3n) is 4.87. The Morgan fingerprint density at radius 3 is 2.60 bits per heavy atom. The number of amides is 1. The topological polar surface area (TPSA) is 58.4 Å². The number of likely N-dealkylation sites (tertiary alicyclic amines) is 1. The summed E-state index contributed by atoms with van der Waals surface area (Å²) in [5.41, 5.74) is 4.68. The molecule has 1 aliphatic carbocycles. The molecule has 2 aliphatic rings. The Bertz CT molecular complexity index is 374. The highest BCUT2D eigenvalue weighted by Gasteiger charge is 2.48. The van der Waals surface area contributed by atoms with Crippen molar-refractivity contribution in [2.75, 3.05) is 20.1 Å². The van der Waals surface area contributed by atoms with E-state index in [4.69, 9.17) is 5.73 Å². The SMILES string of the molecule is CNC1(C(N)=O)CCC(N2CCCC(C(F)(F)F)C2)C1. The second kappa shape index (κ2) is 5.52. The van der Waals surface area contributed by atoms with Gasteiger partial charge in [-0.2, -0.15) is 13.2 Å². The van der Waals surface area contributed by atoms with Crippen LogP contribution < -0.4 is 11.1 Å². The summed E-state index contributed by atoms with van der Waals surface area (Å²) in [7, 11) is 1.68. The van der Waals surface area contributed by atoms with Crippen molar-refractivity contribution in [2.24, 2.45) is 11.7 Å². The van der Waals surface area contributed by atoms with Crippen LogP contribution in [-0.2, 0) is 4.79 Å². The first-order valence-electron chi connectivity index (χ1n) is 7.08. The lowest BCUT2D eigenvalue weighted by Gasteiger charge is -2.38. The van der Waals surface area contributed by atoms with Gasteiger partial charge >= 0.3 is 6.18 Å². The third-order valence-corrected chi connectivity index (χ3v) is 4.87. The van der Waals surface area contributed by atoms with Crippen molar-refractivity contribution in [3.63, 3.8) is 0 Å². The molecule has 2 rings (SSSR count). The lowest BCUT2D eigenvalue weighted by atomic mass is 9.94. The maximum atomic E-state index is 12.8. The summed E-state index contributed by atoms with van der Waals surface area (Å²) in [6.07, 6.45) is -1.54. The molecular weight excluding hydrogens is 271 g/mol. The Hall–Kier alpha value is -0.820. The van der Waals surface area contributed by atoms with Crippen molar-refractivity contribution in [3.05, 3.63) is 0 Å². The number of nitrogens with two attached hydrogens (primary N) is 1. The summed E-state index contributed by atoms with van der Waals surface area (Å²) in [5.74, 6) is -1.65. The summed E-state index contributed by atoms with van der Waals surface area (Å²) in [4.78, 5) is 13.5. The van der Waals surface area contributed by atoms with E-state index in [1.807, 2.05) is 4.90 Å². The molecule has 20 heavy (non-hydrogen) atoms. The zero-order valence-corrected chi connectivity index (χ0v) is 11.7. The molecule has 3 N–H and O–H groups in total. The van der Waals surface area contributed by atoms with Crippen LogP contribution in [0.3, 0.4) is 0 Å². The Labute approximate surface area is 116 Å². The Morgan fingerprint density at radius 2 is 2.10 bits per heavy atom. The molecule has 0 aromatic carbocycles. The van der Waals surface area contributed by atoms with Gasteiger partial charge in [-0.25, -0.2) is 0 Å². The average Bonchev–Trinajstić information content (AvgIpc) is 2.84. The number of rotatable bonds is 3. The van der Waals surface area contributed by atoms with E-state index in [1.165, 1.54) is 0 Å². The van der Waals surface area contributed by atoms with E-state index in [1.54, 1.807) is 7.05 Å². The van der Waals surface area contributed by atoms with E-state index < -0.39 is 23.5 Å². The summed E-state index contributed by atoms with van der Waals surface area (Å²) >= 11 is 0. The molecule has 2 fully saturated rings. The summed E-state index contributed by atoms with van der Waals surface area (Å²) in [5, 5.41) is 2.96. The first-order valence-corrected chi connectivity index (χ1v) is 7.08.